The second kappa shape index (κ2) is 39.2. The predicted molar refractivity (Wildman–Crippen MR) is 298 cm³/mol. The molecule has 2 aliphatic rings. The van der Waals surface area contributed by atoms with Gasteiger partial charge in [-0.25, -0.2) is 54.8 Å². The van der Waals surface area contributed by atoms with Crippen LogP contribution in [0.15, 0.2) is 199 Å². The number of hydrogen-bond donors (Lipinski definition) is 0. The van der Waals surface area contributed by atoms with Crippen LogP contribution in [0.3, 0.4) is 0 Å². The monoisotopic (exact) mass is 1110 g/mol. The number of fused-ring (bicyclic) bond motifs is 1. The molecule has 2 saturated carbocycles. The molecule has 1 aromatic carbocycles. The number of benzene rings is 1. The highest BCUT2D eigenvalue weighted by molar-refractivity contribution is 5.72. The Morgan fingerprint density at radius 1 is 0.494 bits per heavy atom. The van der Waals surface area contributed by atoms with Crippen LogP contribution in [0.4, 0.5) is 0 Å². The Kier molecular flexibility index (Phi) is 31.1. The fourth-order valence-electron chi connectivity index (χ4n) is 5.86. The second-order valence-corrected chi connectivity index (χ2v) is 17.7. The molecule has 0 amide bonds. The molecule has 0 N–H and O–H groups in total. The Hall–Kier alpha value is -9.21. The quantitative estimate of drug-likeness (QED) is 0.137. The fraction of sp³-hybridized carbons (Fsp3) is 0.373. The van der Waals surface area contributed by atoms with Crippen LogP contribution >= 0.6 is 0 Å². The van der Waals surface area contributed by atoms with E-state index in [1.54, 1.807) is 62.2 Å². The van der Waals surface area contributed by atoms with Gasteiger partial charge in [-0.15, -0.1) is 0 Å². The van der Waals surface area contributed by atoms with Crippen LogP contribution in [-0.2, 0) is 25.7 Å². The highest BCUT2D eigenvalue weighted by Crippen LogP contribution is 2.39. The van der Waals surface area contributed by atoms with E-state index in [1.807, 2.05) is 66.7 Å². The molecule has 0 radical (unpaired) electrons. The molecule has 0 bridgehead atoms. The van der Waals surface area contributed by atoms with Gasteiger partial charge in [-0.3, -0.25) is 0 Å². The fourth-order valence-corrected chi connectivity index (χ4v) is 5.86. The lowest BCUT2D eigenvalue weighted by molar-refractivity contribution is 0.482. The minimum Gasteiger partial charge on any atom is -0.452 e. The van der Waals surface area contributed by atoms with Crippen molar-refractivity contribution in [3.8, 4) is 0 Å². The molecule has 12 aromatic rings. The Balaban J connectivity index is 0.000000192. The highest BCUT2D eigenvalue weighted by Gasteiger charge is 2.26. The average molecular weight is 1110 g/mol. The molecule has 14 rings (SSSR count). The molecule has 11 aromatic heterocycles. The molecule has 11 heterocycles. The van der Waals surface area contributed by atoms with Crippen molar-refractivity contribution in [1.82, 2.24) is 54.8 Å². The van der Waals surface area contributed by atoms with E-state index in [2.05, 4.69) is 80.0 Å². The molecular formula is C59H75N11O11. The maximum atomic E-state index is 5.09. The van der Waals surface area contributed by atoms with Crippen molar-refractivity contribution in [1.29, 1.82) is 0 Å². The van der Waals surface area contributed by atoms with Crippen LogP contribution in [0.5, 0.6) is 0 Å². The lowest BCUT2D eigenvalue weighted by atomic mass is 10.2. The number of aromatic nitrogens is 11. The molecule has 81 heavy (non-hydrogen) atoms. The molecule has 0 unspecified atom stereocenters. The van der Waals surface area contributed by atoms with Gasteiger partial charge in [-0.2, -0.15) is 0 Å². The van der Waals surface area contributed by atoms with E-state index in [4.69, 9.17) is 44.2 Å². The van der Waals surface area contributed by atoms with Gasteiger partial charge in [0, 0.05) is 37.5 Å². The zero-order chi connectivity index (χ0) is 58.1. The summed E-state index contributed by atoms with van der Waals surface area (Å²) in [6.45, 7) is 19.9. The zero-order valence-electron chi connectivity index (χ0n) is 47.9. The first kappa shape index (κ1) is 64.3. The third-order valence-corrected chi connectivity index (χ3v) is 10.5. The van der Waals surface area contributed by atoms with Crippen molar-refractivity contribution < 1.29 is 48.6 Å². The molecular weight excluding hydrogens is 1040 g/mol. The lowest BCUT2D eigenvalue weighted by Crippen LogP contribution is -1.79. The second-order valence-electron chi connectivity index (χ2n) is 17.7. The molecule has 432 valence electrons. The summed E-state index contributed by atoms with van der Waals surface area (Å²) in [4.78, 5) is 41.9. The van der Waals surface area contributed by atoms with Gasteiger partial charge in [0.25, 0.3) is 0 Å². The predicted octanol–water partition coefficient (Wildman–Crippen LogP) is 15.3. The average Bonchev–Trinajstić information content (AvgIpc) is 4.32. The van der Waals surface area contributed by atoms with E-state index in [0.29, 0.717) is 11.8 Å². The smallest absolute Gasteiger partial charge is 0.191 e. The van der Waals surface area contributed by atoms with Crippen molar-refractivity contribution >= 4 is 11.1 Å². The zero-order valence-corrected chi connectivity index (χ0v) is 47.9. The molecule has 0 saturated heterocycles. The van der Waals surface area contributed by atoms with Crippen molar-refractivity contribution in [2.45, 2.75) is 145 Å². The maximum Gasteiger partial charge on any atom is 0.191 e. The molecule has 0 atom stereocenters. The van der Waals surface area contributed by atoms with Gasteiger partial charge in [0.2, 0.25) is 0 Å². The van der Waals surface area contributed by atoms with Crippen molar-refractivity contribution in [3.63, 3.8) is 0 Å². The van der Waals surface area contributed by atoms with E-state index in [1.165, 1.54) is 101 Å². The standard InChI is InChI=1S/C8H7NO.2C6H7NO.2C6H9NO.4C5H7NO.C4H5NO.C3H3NO/c1-6-2-3-7-8(4-6)10-5-9-7;1-2-5(1)6-3-8-4-7-6;1-2-5(1)6-3-7-4-8-6;1-5(2)6-3-7-4-8-6;1-2-3-6-4-8-5-7-6;1-4-3-6-5(2)7-4;1-2-5-3-7-4-6-5;2*1-2-5-3-6-4-7-5;1-4-2-5-3-6-4;1-2-5-3-4-1/h2-5H,1H3;2*3-5H,1-2H2;3-5H,1-2H3;4-5H,2-3H2,1H3;3H,1-2H3;3*3-4H,2H2,1H3;2-3H,1H3;1-3H. The largest absolute Gasteiger partial charge is 0.452 e. The first-order valence-electron chi connectivity index (χ1n) is 26.5. The SMILES string of the molecule is CC(C)c1cnco1.CCCc1cocn1.CCc1cnco1.CCc1cnco1.CCc1cocn1.Cc1ccc2ncoc2c1.Cc1cnc(C)o1.Cc1cnco1.c1cocn1.c1nc(C2CC2)co1.c1ncc(C2CC2)o1. The van der Waals surface area contributed by atoms with E-state index in [9.17, 15) is 0 Å². The maximum absolute atomic E-state index is 5.09. The molecule has 0 spiro atoms. The van der Waals surface area contributed by atoms with Gasteiger partial charge >= 0.3 is 0 Å². The van der Waals surface area contributed by atoms with Gasteiger partial charge in [-0.1, -0.05) is 54.0 Å². The summed E-state index contributed by atoms with van der Waals surface area (Å²) in [7, 11) is 0. The summed E-state index contributed by atoms with van der Waals surface area (Å²) in [6.07, 6.45) is 43.2. The molecule has 2 fully saturated rings. The van der Waals surface area contributed by atoms with E-state index >= 15 is 0 Å². The highest BCUT2D eigenvalue weighted by atomic mass is 16.4. The van der Waals surface area contributed by atoms with Crippen molar-refractivity contribution in [3.05, 3.63) is 214 Å². The third-order valence-electron chi connectivity index (χ3n) is 10.5. The molecule has 22 heteroatoms. The number of aryl methyl sites for hydroxylation is 8. The van der Waals surface area contributed by atoms with Gasteiger partial charge in [0.1, 0.15) is 65.1 Å². The Morgan fingerprint density at radius 2 is 1.11 bits per heavy atom. The van der Waals surface area contributed by atoms with Crippen LogP contribution in [0.25, 0.3) is 11.1 Å². The van der Waals surface area contributed by atoms with Crippen LogP contribution in [0.2, 0.25) is 0 Å². The molecule has 22 nitrogen and oxygen atoms in total. The normalized spacial score (nSPS) is 11.4. The lowest BCUT2D eigenvalue weighted by Gasteiger charge is -1.93. The summed E-state index contributed by atoms with van der Waals surface area (Å²) in [5.74, 6) is 8.25. The van der Waals surface area contributed by atoms with Crippen molar-refractivity contribution in [2.75, 3.05) is 0 Å². The third kappa shape index (κ3) is 29.4. The summed E-state index contributed by atoms with van der Waals surface area (Å²) in [5.41, 5.74) is 6.17. The molecule has 2 aliphatic carbocycles. The first-order valence-corrected chi connectivity index (χ1v) is 26.5. The van der Waals surface area contributed by atoms with Crippen LogP contribution in [0.1, 0.15) is 154 Å². The Bertz CT molecular complexity index is 2940. The Labute approximate surface area is 471 Å². The Morgan fingerprint density at radius 3 is 1.47 bits per heavy atom. The van der Waals surface area contributed by atoms with Gasteiger partial charge in [0.15, 0.2) is 75.4 Å². The summed E-state index contributed by atoms with van der Waals surface area (Å²) in [6, 6.07) is 5.95. The summed E-state index contributed by atoms with van der Waals surface area (Å²) < 4.78 is 53.3. The minimum atomic E-state index is 0.456. The van der Waals surface area contributed by atoms with E-state index < -0.39 is 0 Å². The van der Waals surface area contributed by atoms with Crippen LogP contribution < -0.4 is 0 Å². The van der Waals surface area contributed by atoms with E-state index in [-0.39, 0.29) is 0 Å². The number of rotatable bonds is 8. The van der Waals surface area contributed by atoms with E-state index in [0.717, 1.165) is 107 Å². The minimum absolute atomic E-state index is 0.456. The first-order chi connectivity index (χ1) is 39.5. The summed E-state index contributed by atoms with van der Waals surface area (Å²) in [5, 5.41) is 0. The van der Waals surface area contributed by atoms with Crippen LogP contribution in [0, 0.1) is 27.7 Å². The topological polar surface area (TPSA) is 286 Å². The van der Waals surface area contributed by atoms with Gasteiger partial charge < -0.3 is 48.6 Å². The van der Waals surface area contributed by atoms with Crippen molar-refractivity contribution in [2.24, 2.45) is 0 Å². The number of nitrogens with zero attached hydrogens (tertiary/aromatic N) is 11. The van der Waals surface area contributed by atoms with Gasteiger partial charge in [-0.05, 0) is 77.0 Å². The summed E-state index contributed by atoms with van der Waals surface area (Å²) >= 11 is 0. The molecule has 0 aliphatic heterocycles. The van der Waals surface area contributed by atoms with Gasteiger partial charge in [0.05, 0.1) is 60.5 Å². The van der Waals surface area contributed by atoms with Crippen LogP contribution in [-0.4, -0.2) is 54.8 Å². The number of oxazole rings is 11. The number of hydrogen-bond acceptors (Lipinski definition) is 22.